The van der Waals surface area contributed by atoms with E-state index < -0.39 is 5.82 Å². The van der Waals surface area contributed by atoms with E-state index in [1.165, 1.54) is 24.3 Å². The minimum Gasteiger partial charge on any atom is -0.506 e. The minimum absolute atomic E-state index is 0.0197. The van der Waals surface area contributed by atoms with Crippen molar-refractivity contribution in [3.63, 3.8) is 0 Å². The highest BCUT2D eigenvalue weighted by atomic mass is 19.1. The SMILES string of the molecule is NCCCNC(=O)c1ccc(-c2nc3c(O)cccc3[nH]2)c(F)c1. The number of rotatable bonds is 5. The van der Waals surface area contributed by atoms with Crippen LogP contribution in [0.5, 0.6) is 5.75 Å². The van der Waals surface area contributed by atoms with Gasteiger partial charge in [0, 0.05) is 12.1 Å². The first kappa shape index (κ1) is 15.9. The number of carbonyl (C=O) groups excluding carboxylic acids is 1. The number of imidazole rings is 1. The standard InChI is InChI=1S/C17H17FN4O2/c18-12-9-10(17(24)20-8-2-7-19)5-6-11(12)16-21-13-3-1-4-14(23)15(13)22-16/h1,3-6,9,23H,2,7-8,19H2,(H,20,24)(H,21,22). The zero-order valence-corrected chi connectivity index (χ0v) is 12.8. The second-order valence-corrected chi connectivity index (χ2v) is 5.35. The van der Waals surface area contributed by atoms with Crippen LogP contribution in [-0.2, 0) is 0 Å². The van der Waals surface area contributed by atoms with Crippen LogP contribution < -0.4 is 11.1 Å². The van der Waals surface area contributed by atoms with Gasteiger partial charge in [-0.15, -0.1) is 0 Å². The number of aromatic amines is 1. The zero-order chi connectivity index (χ0) is 17.1. The number of hydrogen-bond acceptors (Lipinski definition) is 4. The Balaban J connectivity index is 1.89. The van der Waals surface area contributed by atoms with Crippen LogP contribution in [0.25, 0.3) is 22.4 Å². The van der Waals surface area contributed by atoms with E-state index in [0.29, 0.717) is 36.4 Å². The molecule has 0 atom stereocenters. The van der Waals surface area contributed by atoms with E-state index in [1.807, 2.05) is 0 Å². The third-order valence-electron chi connectivity index (χ3n) is 3.64. The van der Waals surface area contributed by atoms with E-state index in [2.05, 4.69) is 15.3 Å². The molecule has 24 heavy (non-hydrogen) atoms. The number of benzene rings is 2. The van der Waals surface area contributed by atoms with E-state index in [0.717, 1.165) is 0 Å². The van der Waals surface area contributed by atoms with E-state index in [9.17, 15) is 14.3 Å². The predicted molar refractivity (Wildman–Crippen MR) is 89.2 cm³/mol. The number of hydrogen-bond donors (Lipinski definition) is 4. The summed E-state index contributed by atoms with van der Waals surface area (Å²) < 4.78 is 14.4. The molecule has 0 aliphatic carbocycles. The Morgan fingerprint density at radius 2 is 2.17 bits per heavy atom. The van der Waals surface area contributed by atoms with Crippen molar-refractivity contribution in [3.8, 4) is 17.1 Å². The van der Waals surface area contributed by atoms with Crippen LogP contribution >= 0.6 is 0 Å². The van der Waals surface area contributed by atoms with Gasteiger partial charge in [0.2, 0.25) is 0 Å². The van der Waals surface area contributed by atoms with Crippen LogP contribution in [-0.4, -0.2) is 34.1 Å². The molecule has 7 heteroatoms. The summed E-state index contributed by atoms with van der Waals surface area (Å²) >= 11 is 0. The van der Waals surface area contributed by atoms with Crippen molar-refractivity contribution >= 4 is 16.9 Å². The quantitative estimate of drug-likeness (QED) is 0.539. The number of amides is 1. The van der Waals surface area contributed by atoms with Crippen LogP contribution in [0, 0.1) is 5.82 Å². The molecule has 3 rings (SSSR count). The number of nitrogens with zero attached hydrogens (tertiary/aromatic N) is 1. The lowest BCUT2D eigenvalue weighted by Crippen LogP contribution is -2.26. The summed E-state index contributed by atoms with van der Waals surface area (Å²) in [7, 11) is 0. The maximum atomic E-state index is 14.4. The Hall–Kier alpha value is -2.93. The number of H-pyrrole nitrogens is 1. The Morgan fingerprint density at radius 1 is 1.33 bits per heavy atom. The monoisotopic (exact) mass is 328 g/mol. The van der Waals surface area contributed by atoms with E-state index in [4.69, 9.17) is 5.73 Å². The van der Waals surface area contributed by atoms with Crippen molar-refractivity contribution in [2.75, 3.05) is 13.1 Å². The van der Waals surface area contributed by atoms with Crippen molar-refractivity contribution in [3.05, 3.63) is 47.8 Å². The normalized spacial score (nSPS) is 10.9. The minimum atomic E-state index is -0.569. The molecule has 1 amide bonds. The molecule has 0 saturated carbocycles. The number of halogens is 1. The van der Waals surface area contributed by atoms with Crippen molar-refractivity contribution in [1.29, 1.82) is 0 Å². The molecule has 0 saturated heterocycles. The summed E-state index contributed by atoms with van der Waals surface area (Å²) in [4.78, 5) is 19.1. The molecule has 1 heterocycles. The lowest BCUT2D eigenvalue weighted by molar-refractivity contribution is 0.0953. The highest BCUT2D eigenvalue weighted by Gasteiger charge is 2.14. The third-order valence-corrected chi connectivity index (χ3v) is 3.64. The number of fused-ring (bicyclic) bond motifs is 1. The summed E-state index contributed by atoms with van der Waals surface area (Å²) in [6.45, 7) is 0.925. The lowest BCUT2D eigenvalue weighted by atomic mass is 10.1. The van der Waals surface area contributed by atoms with Gasteiger partial charge in [-0.1, -0.05) is 6.07 Å². The van der Waals surface area contributed by atoms with Gasteiger partial charge in [0.25, 0.3) is 5.91 Å². The number of aromatic hydroxyl groups is 1. The van der Waals surface area contributed by atoms with E-state index in [1.54, 1.807) is 12.1 Å². The highest BCUT2D eigenvalue weighted by molar-refractivity contribution is 5.94. The van der Waals surface area contributed by atoms with Gasteiger partial charge in [-0.25, -0.2) is 9.37 Å². The van der Waals surface area contributed by atoms with E-state index in [-0.39, 0.29) is 22.8 Å². The zero-order valence-electron chi connectivity index (χ0n) is 12.8. The van der Waals surface area contributed by atoms with Crippen LogP contribution in [0.15, 0.2) is 36.4 Å². The lowest BCUT2D eigenvalue weighted by Gasteiger charge is -2.06. The highest BCUT2D eigenvalue weighted by Crippen LogP contribution is 2.27. The maximum absolute atomic E-state index is 14.4. The summed E-state index contributed by atoms with van der Waals surface area (Å²) in [6, 6.07) is 9.11. The average molecular weight is 328 g/mol. The van der Waals surface area contributed by atoms with Crippen LogP contribution in [0.4, 0.5) is 4.39 Å². The number of aromatic nitrogens is 2. The second-order valence-electron chi connectivity index (χ2n) is 5.35. The topological polar surface area (TPSA) is 104 Å². The number of phenolic OH excluding ortho intramolecular Hbond substituents is 1. The van der Waals surface area contributed by atoms with Crippen molar-refractivity contribution in [1.82, 2.24) is 15.3 Å². The van der Waals surface area contributed by atoms with Gasteiger partial charge in [0.1, 0.15) is 22.9 Å². The first-order valence-electron chi connectivity index (χ1n) is 7.56. The number of phenols is 1. The summed E-state index contributed by atoms with van der Waals surface area (Å²) in [5, 5.41) is 12.5. The molecular formula is C17H17FN4O2. The Morgan fingerprint density at radius 3 is 2.88 bits per heavy atom. The number of nitrogens with two attached hydrogens (primary N) is 1. The molecule has 0 unspecified atom stereocenters. The molecule has 0 bridgehead atoms. The molecule has 5 N–H and O–H groups in total. The molecule has 0 radical (unpaired) electrons. The second kappa shape index (κ2) is 6.67. The summed E-state index contributed by atoms with van der Waals surface area (Å²) in [5.41, 5.74) is 6.80. The molecule has 2 aromatic carbocycles. The van der Waals surface area contributed by atoms with Gasteiger partial charge in [0.15, 0.2) is 0 Å². The Kier molecular flexibility index (Phi) is 4.43. The summed E-state index contributed by atoms with van der Waals surface area (Å²) in [6.07, 6.45) is 0.661. The first-order valence-corrected chi connectivity index (χ1v) is 7.56. The molecule has 0 aliphatic rings. The fourth-order valence-corrected chi connectivity index (χ4v) is 2.40. The fraction of sp³-hybridized carbons (Fsp3) is 0.176. The van der Waals surface area contributed by atoms with Crippen LogP contribution in [0.3, 0.4) is 0 Å². The van der Waals surface area contributed by atoms with Crippen LogP contribution in [0.2, 0.25) is 0 Å². The van der Waals surface area contributed by atoms with Crippen molar-refractivity contribution in [2.45, 2.75) is 6.42 Å². The number of carbonyl (C=O) groups is 1. The van der Waals surface area contributed by atoms with Gasteiger partial charge in [-0.05, 0) is 43.3 Å². The predicted octanol–water partition coefficient (Wildman–Crippen LogP) is 2.15. The van der Waals surface area contributed by atoms with Crippen molar-refractivity contribution in [2.24, 2.45) is 5.73 Å². The summed E-state index contributed by atoms with van der Waals surface area (Å²) in [5.74, 6) is -0.610. The number of para-hydroxylation sites is 1. The largest absolute Gasteiger partial charge is 0.506 e. The smallest absolute Gasteiger partial charge is 0.251 e. The molecule has 0 fully saturated rings. The Bertz CT molecular complexity index is 891. The van der Waals surface area contributed by atoms with Gasteiger partial charge >= 0.3 is 0 Å². The van der Waals surface area contributed by atoms with Gasteiger partial charge in [-0.2, -0.15) is 0 Å². The molecule has 1 aromatic heterocycles. The molecule has 0 spiro atoms. The molecule has 0 aliphatic heterocycles. The maximum Gasteiger partial charge on any atom is 0.251 e. The average Bonchev–Trinajstić information content (AvgIpc) is 3.00. The van der Waals surface area contributed by atoms with Gasteiger partial charge in [0.05, 0.1) is 11.1 Å². The third kappa shape index (κ3) is 3.07. The Labute approximate surface area is 137 Å². The fourth-order valence-electron chi connectivity index (χ4n) is 2.40. The van der Waals surface area contributed by atoms with Gasteiger partial charge < -0.3 is 21.1 Å². The molecule has 6 nitrogen and oxygen atoms in total. The first-order chi connectivity index (χ1) is 11.6. The molecular weight excluding hydrogens is 311 g/mol. The number of nitrogens with one attached hydrogen (secondary N) is 2. The molecule has 3 aromatic rings. The van der Waals surface area contributed by atoms with E-state index >= 15 is 0 Å². The van der Waals surface area contributed by atoms with Crippen LogP contribution in [0.1, 0.15) is 16.8 Å². The van der Waals surface area contributed by atoms with Gasteiger partial charge in [-0.3, -0.25) is 4.79 Å². The van der Waals surface area contributed by atoms with Crippen molar-refractivity contribution < 1.29 is 14.3 Å². The molecule has 124 valence electrons.